The van der Waals surface area contributed by atoms with Gasteiger partial charge in [-0.15, -0.1) is 0 Å². The molecule has 6 nitrogen and oxygen atoms in total. The largest absolute Gasteiger partial charge is 0.356 e. The summed E-state index contributed by atoms with van der Waals surface area (Å²) >= 11 is 0. The zero-order valence-corrected chi connectivity index (χ0v) is 15.1. The minimum Gasteiger partial charge on any atom is -0.356 e. The van der Waals surface area contributed by atoms with Gasteiger partial charge in [0.1, 0.15) is 0 Å². The smallest absolute Gasteiger partial charge is 0.238 e. The normalized spacial score (nSPS) is 12.0. The van der Waals surface area contributed by atoms with Gasteiger partial charge in [0, 0.05) is 20.1 Å². The van der Waals surface area contributed by atoms with Crippen molar-refractivity contribution in [2.24, 2.45) is 10.1 Å². The highest BCUT2D eigenvalue weighted by atomic mass is 32.2. The van der Waals surface area contributed by atoms with Gasteiger partial charge in [-0.05, 0) is 36.1 Å². The first-order chi connectivity index (χ1) is 12.0. The van der Waals surface area contributed by atoms with E-state index < -0.39 is 10.0 Å². The van der Waals surface area contributed by atoms with Gasteiger partial charge in [-0.25, -0.2) is 13.6 Å². The molecule has 0 unspecified atom stereocenters. The Balaban J connectivity index is 1.74. The summed E-state index contributed by atoms with van der Waals surface area (Å²) in [5.41, 5.74) is 2.27. The van der Waals surface area contributed by atoms with E-state index in [2.05, 4.69) is 27.8 Å². The molecule has 0 aliphatic heterocycles. The molecule has 2 aromatic rings. The summed E-state index contributed by atoms with van der Waals surface area (Å²) in [6.07, 6.45) is 2.02. The molecule has 0 amide bonds. The Labute approximate surface area is 149 Å². The number of nitrogens with one attached hydrogen (secondary N) is 2. The van der Waals surface area contributed by atoms with Crippen LogP contribution in [0.5, 0.6) is 0 Å². The Morgan fingerprint density at radius 3 is 2.28 bits per heavy atom. The molecule has 2 rings (SSSR count). The molecule has 0 spiro atoms. The maximum absolute atomic E-state index is 11.2. The minimum absolute atomic E-state index is 0.111. The van der Waals surface area contributed by atoms with E-state index in [-0.39, 0.29) is 4.90 Å². The molecule has 0 atom stereocenters. The summed E-state index contributed by atoms with van der Waals surface area (Å²) in [6, 6.07) is 16.8. The average Bonchev–Trinajstić information content (AvgIpc) is 2.61. The van der Waals surface area contributed by atoms with Crippen LogP contribution in [0.25, 0.3) is 0 Å². The molecule has 0 radical (unpaired) electrons. The first-order valence-electron chi connectivity index (χ1n) is 8.09. The van der Waals surface area contributed by atoms with Gasteiger partial charge in [-0.3, -0.25) is 4.99 Å². The second kappa shape index (κ2) is 9.19. The molecule has 0 aliphatic carbocycles. The van der Waals surface area contributed by atoms with Crippen LogP contribution in [0.2, 0.25) is 0 Å². The van der Waals surface area contributed by atoms with Crippen molar-refractivity contribution >= 4 is 16.0 Å². The van der Waals surface area contributed by atoms with Gasteiger partial charge in [0.25, 0.3) is 0 Å². The molecule has 0 aliphatic rings. The van der Waals surface area contributed by atoms with E-state index in [1.807, 2.05) is 18.2 Å². The summed E-state index contributed by atoms with van der Waals surface area (Å²) in [5.74, 6) is 0.712. The van der Waals surface area contributed by atoms with Crippen molar-refractivity contribution in [3.05, 3.63) is 65.7 Å². The van der Waals surface area contributed by atoms with E-state index in [0.717, 1.165) is 24.9 Å². The summed E-state index contributed by atoms with van der Waals surface area (Å²) in [6.45, 7) is 1.36. The maximum atomic E-state index is 11.2. The minimum atomic E-state index is -3.65. The van der Waals surface area contributed by atoms with Gasteiger partial charge in [-0.2, -0.15) is 0 Å². The van der Waals surface area contributed by atoms with Gasteiger partial charge in [0.15, 0.2) is 5.96 Å². The number of benzene rings is 2. The van der Waals surface area contributed by atoms with Crippen molar-refractivity contribution in [2.45, 2.75) is 24.3 Å². The number of guanidine groups is 1. The predicted octanol–water partition coefficient (Wildman–Crippen LogP) is 1.63. The Kier molecular flexibility index (Phi) is 6.97. The number of hydrogen-bond acceptors (Lipinski definition) is 3. The van der Waals surface area contributed by atoms with Gasteiger partial charge < -0.3 is 10.6 Å². The third kappa shape index (κ3) is 6.56. The highest BCUT2D eigenvalue weighted by Crippen LogP contribution is 2.08. The summed E-state index contributed by atoms with van der Waals surface area (Å²) in [7, 11) is -1.93. The lowest BCUT2D eigenvalue weighted by atomic mass is 10.1. The van der Waals surface area contributed by atoms with Crippen LogP contribution in [0.1, 0.15) is 17.5 Å². The fourth-order valence-corrected chi connectivity index (χ4v) is 2.86. The van der Waals surface area contributed by atoms with Gasteiger partial charge in [0.05, 0.1) is 4.90 Å². The number of aryl methyl sites for hydroxylation is 1. The second-order valence-electron chi connectivity index (χ2n) is 5.63. The highest BCUT2D eigenvalue weighted by Gasteiger charge is 2.06. The van der Waals surface area contributed by atoms with E-state index in [4.69, 9.17) is 5.14 Å². The zero-order valence-electron chi connectivity index (χ0n) is 14.3. The fraction of sp³-hybridized carbons (Fsp3) is 0.278. The lowest BCUT2D eigenvalue weighted by Crippen LogP contribution is -2.37. The summed E-state index contributed by atoms with van der Waals surface area (Å²) in [5, 5.41) is 11.6. The van der Waals surface area contributed by atoms with E-state index in [0.29, 0.717) is 12.5 Å². The lowest BCUT2D eigenvalue weighted by molar-refractivity contribution is 0.597. The second-order valence-corrected chi connectivity index (χ2v) is 7.19. The van der Waals surface area contributed by atoms with Crippen LogP contribution in [-0.4, -0.2) is 28.0 Å². The fourth-order valence-electron chi connectivity index (χ4n) is 2.35. The molecule has 4 N–H and O–H groups in total. The highest BCUT2D eigenvalue weighted by molar-refractivity contribution is 7.89. The molecule has 2 aromatic carbocycles. The number of nitrogens with zero attached hydrogens (tertiary/aromatic N) is 1. The first-order valence-corrected chi connectivity index (χ1v) is 9.64. The van der Waals surface area contributed by atoms with Crippen molar-refractivity contribution in [1.82, 2.24) is 10.6 Å². The molecule has 134 valence electrons. The van der Waals surface area contributed by atoms with Crippen molar-refractivity contribution < 1.29 is 8.42 Å². The van der Waals surface area contributed by atoms with Gasteiger partial charge >= 0.3 is 0 Å². The van der Waals surface area contributed by atoms with Crippen LogP contribution in [0, 0.1) is 0 Å². The van der Waals surface area contributed by atoms with E-state index in [1.165, 1.54) is 17.7 Å². The Morgan fingerprint density at radius 2 is 1.68 bits per heavy atom. The number of aliphatic imine (C=N–C) groups is 1. The van der Waals surface area contributed by atoms with Crippen molar-refractivity contribution in [1.29, 1.82) is 0 Å². The predicted molar refractivity (Wildman–Crippen MR) is 101 cm³/mol. The third-order valence-corrected chi connectivity index (χ3v) is 4.64. The molecule has 0 heterocycles. The lowest BCUT2D eigenvalue weighted by Gasteiger charge is -2.12. The van der Waals surface area contributed by atoms with Crippen molar-refractivity contribution in [3.8, 4) is 0 Å². The first kappa shape index (κ1) is 19.0. The quantitative estimate of drug-likeness (QED) is 0.397. The third-order valence-electron chi connectivity index (χ3n) is 3.71. The van der Waals surface area contributed by atoms with Crippen LogP contribution in [-0.2, 0) is 23.0 Å². The van der Waals surface area contributed by atoms with Crippen molar-refractivity contribution in [2.75, 3.05) is 13.6 Å². The number of nitrogens with two attached hydrogens (primary N) is 1. The standard InChI is InChI=1S/C18H24N4O2S/c1-20-18(21-13-5-8-15-6-3-2-4-7-15)22-14-16-9-11-17(12-10-16)25(19,23)24/h2-4,6-7,9-12H,5,8,13-14H2,1H3,(H2,19,23,24)(H2,20,21,22). The summed E-state index contributed by atoms with van der Waals surface area (Å²) < 4.78 is 22.5. The van der Waals surface area contributed by atoms with E-state index in [9.17, 15) is 8.42 Å². The molecule has 0 saturated carbocycles. The number of rotatable bonds is 7. The molecule has 0 fully saturated rings. The molecule has 0 bridgehead atoms. The number of primary sulfonamides is 1. The Bertz CT molecular complexity index is 788. The Morgan fingerprint density at radius 1 is 1.00 bits per heavy atom. The molecular weight excluding hydrogens is 336 g/mol. The molecule has 0 saturated heterocycles. The average molecular weight is 360 g/mol. The van der Waals surface area contributed by atoms with Gasteiger partial charge in [-0.1, -0.05) is 42.5 Å². The van der Waals surface area contributed by atoms with Crippen LogP contribution in [0.15, 0.2) is 64.5 Å². The van der Waals surface area contributed by atoms with Crippen molar-refractivity contribution in [3.63, 3.8) is 0 Å². The van der Waals surface area contributed by atoms with Gasteiger partial charge in [0.2, 0.25) is 10.0 Å². The Hall–Kier alpha value is -2.38. The monoisotopic (exact) mass is 360 g/mol. The molecule has 7 heteroatoms. The van der Waals surface area contributed by atoms with Crippen LogP contribution < -0.4 is 15.8 Å². The maximum Gasteiger partial charge on any atom is 0.238 e. The molecular formula is C18H24N4O2S. The topological polar surface area (TPSA) is 96.6 Å². The van der Waals surface area contributed by atoms with Crippen LogP contribution in [0.3, 0.4) is 0 Å². The molecule has 0 aromatic heterocycles. The summed E-state index contributed by atoms with van der Waals surface area (Å²) in [4.78, 5) is 4.29. The van der Waals surface area contributed by atoms with Crippen LogP contribution >= 0.6 is 0 Å². The van der Waals surface area contributed by atoms with Crippen LogP contribution in [0.4, 0.5) is 0 Å². The molecule has 25 heavy (non-hydrogen) atoms. The zero-order chi connectivity index (χ0) is 18.1. The van der Waals surface area contributed by atoms with E-state index in [1.54, 1.807) is 19.2 Å². The SMILES string of the molecule is CN=C(NCCCc1ccccc1)NCc1ccc(S(N)(=O)=O)cc1. The van der Waals surface area contributed by atoms with E-state index >= 15 is 0 Å². The number of sulfonamides is 1. The number of hydrogen-bond donors (Lipinski definition) is 3.